The van der Waals surface area contributed by atoms with Gasteiger partial charge in [-0.15, -0.1) is 0 Å². The first-order valence-corrected chi connectivity index (χ1v) is 10.8. The average Bonchev–Trinajstić information content (AvgIpc) is 3.63. The molecule has 1 amide bonds. The van der Waals surface area contributed by atoms with E-state index in [1.807, 2.05) is 66.5 Å². The zero-order chi connectivity index (χ0) is 22.5. The summed E-state index contributed by atoms with van der Waals surface area (Å²) in [6.07, 6.45) is 1.90. The molecule has 3 aromatic rings. The van der Waals surface area contributed by atoms with Gasteiger partial charge in [-0.2, -0.15) is 5.10 Å². The average molecular weight is 436 g/mol. The molecule has 1 heterocycles. The molecular formula is C25H29N3O4. The molecule has 1 aliphatic rings. The van der Waals surface area contributed by atoms with Crippen LogP contribution in [0.5, 0.6) is 17.4 Å². The van der Waals surface area contributed by atoms with E-state index in [1.54, 1.807) is 18.9 Å². The highest BCUT2D eigenvalue weighted by Crippen LogP contribution is 2.37. The minimum atomic E-state index is 0.117. The fourth-order valence-electron chi connectivity index (χ4n) is 3.67. The van der Waals surface area contributed by atoms with Crippen LogP contribution in [-0.4, -0.2) is 48.0 Å². The first-order valence-electron chi connectivity index (χ1n) is 10.8. The van der Waals surface area contributed by atoms with Crippen molar-refractivity contribution in [1.82, 2.24) is 14.7 Å². The van der Waals surface area contributed by atoms with Crippen molar-refractivity contribution in [2.45, 2.75) is 19.4 Å². The summed E-state index contributed by atoms with van der Waals surface area (Å²) in [7, 11) is 5.13. The molecule has 7 nitrogen and oxygen atoms in total. The largest absolute Gasteiger partial charge is 0.497 e. The molecule has 0 N–H and O–H groups in total. The van der Waals surface area contributed by atoms with Gasteiger partial charge in [0.1, 0.15) is 17.2 Å². The van der Waals surface area contributed by atoms with Crippen LogP contribution in [0.1, 0.15) is 18.4 Å². The lowest BCUT2D eigenvalue weighted by molar-refractivity contribution is -0.133. The monoisotopic (exact) mass is 435 g/mol. The molecule has 0 spiro atoms. The number of carbonyl (C=O) groups is 1. The quantitative estimate of drug-likeness (QED) is 0.476. The Hall–Kier alpha value is -3.32. The Morgan fingerprint density at radius 3 is 2.53 bits per heavy atom. The minimum Gasteiger partial charge on any atom is -0.497 e. The number of amides is 1. The van der Waals surface area contributed by atoms with Crippen molar-refractivity contribution in [2.24, 2.45) is 13.0 Å². The number of methoxy groups -OCH3 is 2. The summed E-state index contributed by atoms with van der Waals surface area (Å²) >= 11 is 0. The Bertz CT molecular complexity index is 1060. The second-order valence-corrected chi connectivity index (χ2v) is 7.93. The lowest BCUT2D eigenvalue weighted by atomic mass is 10.1. The highest BCUT2D eigenvalue weighted by Gasteiger charge is 2.34. The number of ether oxygens (including phenoxy) is 3. The lowest BCUT2D eigenvalue weighted by Gasteiger charge is -2.23. The Morgan fingerprint density at radius 1 is 1.09 bits per heavy atom. The number of nitrogens with zero attached hydrogens (tertiary/aromatic N) is 3. The van der Waals surface area contributed by atoms with Crippen LogP contribution in [0.4, 0.5) is 0 Å². The van der Waals surface area contributed by atoms with E-state index in [1.165, 1.54) is 0 Å². The van der Waals surface area contributed by atoms with Crippen molar-refractivity contribution in [2.75, 3.05) is 27.4 Å². The van der Waals surface area contributed by atoms with Gasteiger partial charge in [0.05, 0.1) is 25.8 Å². The van der Waals surface area contributed by atoms with Crippen molar-refractivity contribution in [3.05, 3.63) is 60.2 Å². The van der Waals surface area contributed by atoms with Gasteiger partial charge in [-0.25, -0.2) is 4.68 Å². The third kappa shape index (κ3) is 4.94. The van der Waals surface area contributed by atoms with E-state index in [9.17, 15) is 4.79 Å². The molecule has 0 aliphatic heterocycles. The second kappa shape index (κ2) is 9.87. The fourth-order valence-corrected chi connectivity index (χ4v) is 3.67. The maximum Gasteiger partial charge on any atom is 0.226 e. The molecule has 168 valence electrons. The molecule has 1 saturated carbocycles. The van der Waals surface area contributed by atoms with E-state index in [0.29, 0.717) is 37.1 Å². The lowest BCUT2D eigenvalue weighted by Crippen LogP contribution is -2.34. The molecule has 7 heteroatoms. The topological polar surface area (TPSA) is 65.8 Å². The Labute approximate surface area is 188 Å². The smallest absolute Gasteiger partial charge is 0.226 e. The first-order chi connectivity index (χ1) is 15.6. The zero-order valence-electron chi connectivity index (χ0n) is 18.8. The third-order valence-electron chi connectivity index (χ3n) is 5.54. The Kier molecular flexibility index (Phi) is 6.75. The summed E-state index contributed by atoms with van der Waals surface area (Å²) in [5, 5.41) is 4.76. The van der Waals surface area contributed by atoms with Gasteiger partial charge >= 0.3 is 0 Å². The number of aromatic nitrogens is 2. The molecule has 1 aliphatic carbocycles. The van der Waals surface area contributed by atoms with Crippen LogP contribution in [-0.2, 0) is 23.1 Å². The zero-order valence-corrected chi connectivity index (χ0v) is 18.8. The van der Waals surface area contributed by atoms with Gasteiger partial charge in [0.2, 0.25) is 11.8 Å². The van der Waals surface area contributed by atoms with Crippen LogP contribution in [0.15, 0.2) is 54.6 Å². The van der Waals surface area contributed by atoms with Crippen molar-refractivity contribution in [1.29, 1.82) is 0 Å². The SMILES string of the molecule is COCCN(Cc1c(-c2ccccc2)nn(C)c1Oc1cccc(OC)c1)C(=O)C1CC1. The number of aryl methyl sites for hydroxylation is 1. The maximum atomic E-state index is 13.0. The van der Waals surface area contributed by atoms with Crippen LogP contribution in [0.3, 0.4) is 0 Å². The maximum absolute atomic E-state index is 13.0. The highest BCUT2D eigenvalue weighted by atomic mass is 16.5. The van der Waals surface area contributed by atoms with E-state index in [-0.39, 0.29) is 11.8 Å². The second-order valence-electron chi connectivity index (χ2n) is 7.93. The van der Waals surface area contributed by atoms with Crippen LogP contribution in [0.25, 0.3) is 11.3 Å². The van der Waals surface area contributed by atoms with E-state index < -0.39 is 0 Å². The molecule has 0 bridgehead atoms. The van der Waals surface area contributed by atoms with Gasteiger partial charge in [-0.05, 0) is 25.0 Å². The van der Waals surface area contributed by atoms with Gasteiger partial charge in [0, 0.05) is 38.2 Å². The molecule has 0 saturated heterocycles. The summed E-state index contributed by atoms with van der Waals surface area (Å²) in [6, 6.07) is 17.4. The van der Waals surface area contributed by atoms with Gasteiger partial charge < -0.3 is 19.1 Å². The van der Waals surface area contributed by atoms with Crippen molar-refractivity contribution in [3.63, 3.8) is 0 Å². The van der Waals surface area contributed by atoms with Crippen LogP contribution in [0, 0.1) is 5.92 Å². The number of rotatable bonds is 10. The standard InChI is InChI=1S/C25H29N3O4/c1-27-25(32-21-11-7-10-20(16-21)31-3)22(23(26-27)18-8-5-4-6-9-18)17-28(14-15-30-2)24(29)19-12-13-19/h4-11,16,19H,12-15,17H2,1-3H3. The molecule has 0 unspecified atom stereocenters. The summed E-state index contributed by atoms with van der Waals surface area (Å²) in [5.74, 6) is 2.23. The molecule has 32 heavy (non-hydrogen) atoms. The molecular weight excluding hydrogens is 406 g/mol. The Morgan fingerprint density at radius 2 is 1.84 bits per heavy atom. The normalized spacial score (nSPS) is 13.1. The van der Waals surface area contributed by atoms with Crippen LogP contribution >= 0.6 is 0 Å². The van der Waals surface area contributed by atoms with Gasteiger partial charge in [0.25, 0.3) is 0 Å². The molecule has 0 atom stereocenters. The van der Waals surface area contributed by atoms with Gasteiger partial charge in [0.15, 0.2) is 0 Å². The first kappa shape index (κ1) is 21.9. The Balaban J connectivity index is 1.73. The van der Waals surface area contributed by atoms with Gasteiger partial charge in [-0.1, -0.05) is 36.4 Å². The number of hydrogen-bond acceptors (Lipinski definition) is 5. The van der Waals surface area contributed by atoms with Crippen molar-refractivity contribution < 1.29 is 19.0 Å². The number of benzene rings is 2. The molecule has 2 aromatic carbocycles. The predicted octanol–water partition coefficient (Wildman–Crippen LogP) is 4.27. The summed E-state index contributed by atoms with van der Waals surface area (Å²) in [6.45, 7) is 1.40. The van der Waals surface area contributed by atoms with E-state index in [4.69, 9.17) is 19.3 Å². The number of hydrogen-bond donors (Lipinski definition) is 0. The predicted molar refractivity (Wildman–Crippen MR) is 122 cm³/mol. The van der Waals surface area contributed by atoms with Crippen LogP contribution < -0.4 is 9.47 Å². The minimum absolute atomic E-state index is 0.117. The van der Waals surface area contributed by atoms with Crippen molar-refractivity contribution in [3.8, 4) is 28.6 Å². The fraction of sp³-hybridized carbons (Fsp3) is 0.360. The molecule has 4 rings (SSSR count). The summed E-state index contributed by atoms with van der Waals surface area (Å²) < 4.78 is 18.6. The van der Waals surface area contributed by atoms with E-state index >= 15 is 0 Å². The van der Waals surface area contributed by atoms with Crippen LogP contribution in [0.2, 0.25) is 0 Å². The summed E-state index contributed by atoms with van der Waals surface area (Å²) in [5.41, 5.74) is 2.65. The van der Waals surface area contributed by atoms with Gasteiger partial charge in [-0.3, -0.25) is 4.79 Å². The van der Waals surface area contributed by atoms with E-state index in [2.05, 4.69) is 0 Å². The number of carbonyl (C=O) groups excluding carboxylic acids is 1. The highest BCUT2D eigenvalue weighted by molar-refractivity contribution is 5.81. The van der Waals surface area contributed by atoms with Crippen molar-refractivity contribution >= 4 is 5.91 Å². The summed E-state index contributed by atoms with van der Waals surface area (Å²) in [4.78, 5) is 14.9. The molecule has 1 aromatic heterocycles. The molecule has 0 radical (unpaired) electrons. The third-order valence-corrected chi connectivity index (χ3v) is 5.54. The van der Waals surface area contributed by atoms with E-state index in [0.717, 1.165) is 29.7 Å². The molecule has 1 fully saturated rings.